The zero-order valence-corrected chi connectivity index (χ0v) is 8.45. The maximum atomic E-state index is 13.1. The molecule has 1 aromatic carbocycles. The van der Waals surface area contributed by atoms with Crippen molar-refractivity contribution in [2.75, 3.05) is 0 Å². The lowest BCUT2D eigenvalue weighted by atomic mass is 10.0. The smallest absolute Gasteiger partial charge is 0.234 e. The van der Waals surface area contributed by atoms with E-state index in [0.717, 1.165) is 0 Å². The van der Waals surface area contributed by atoms with Gasteiger partial charge in [-0.05, 0) is 30.9 Å². The van der Waals surface area contributed by atoms with Gasteiger partial charge in [0, 0.05) is 0 Å². The molecule has 3 nitrogen and oxygen atoms in total. The quantitative estimate of drug-likeness (QED) is 0.760. The first-order valence-electron chi connectivity index (χ1n) is 4.89. The van der Waals surface area contributed by atoms with Gasteiger partial charge in [-0.3, -0.25) is 4.79 Å². The van der Waals surface area contributed by atoms with Crippen LogP contribution >= 0.6 is 0 Å². The number of carbonyl (C=O) groups excluding carboxylic acids is 1. The predicted octanol–water partition coefficient (Wildman–Crippen LogP) is 0.961. The lowest BCUT2D eigenvalue weighted by Gasteiger charge is -2.07. The van der Waals surface area contributed by atoms with Gasteiger partial charge >= 0.3 is 0 Å². The molecule has 1 rings (SSSR count). The molecular formula is C11H15FN2O. The lowest BCUT2D eigenvalue weighted by Crippen LogP contribution is -2.36. The fourth-order valence-electron chi connectivity index (χ4n) is 1.36. The number of carbonyl (C=O) groups is 1. The maximum Gasteiger partial charge on any atom is 0.234 e. The molecule has 1 aromatic rings. The van der Waals surface area contributed by atoms with E-state index in [0.29, 0.717) is 24.8 Å². The highest BCUT2D eigenvalue weighted by atomic mass is 19.1. The number of hydrogen-bond acceptors (Lipinski definition) is 2. The highest BCUT2D eigenvalue weighted by Gasteiger charge is 2.09. The van der Waals surface area contributed by atoms with Crippen LogP contribution in [0, 0.1) is 5.82 Å². The molecule has 1 unspecified atom stereocenters. The fraction of sp³-hybridized carbons (Fsp3) is 0.364. The topological polar surface area (TPSA) is 69.1 Å². The van der Waals surface area contributed by atoms with Gasteiger partial charge in [-0.15, -0.1) is 0 Å². The van der Waals surface area contributed by atoms with Crippen LogP contribution in [0.4, 0.5) is 4.39 Å². The average molecular weight is 210 g/mol. The van der Waals surface area contributed by atoms with Crippen molar-refractivity contribution in [3.63, 3.8) is 0 Å². The largest absolute Gasteiger partial charge is 0.368 e. The number of benzene rings is 1. The van der Waals surface area contributed by atoms with Gasteiger partial charge in [-0.25, -0.2) is 4.39 Å². The van der Waals surface area contributed by atoms with E-state index in [1.54, 1.807) is 18.2 Å². The first-order chi connectivity index (χ1) is 7.11. The summed E-state index contributed by atoms with van der Waals surface area (Å²) in [5.41, 5.74) is 11.1. The standard InChI is InChI=1S/C11H15FN2O/c12-9-6-2-1-4-8(9)5-3-7-10(13)11(14)15/h1-2,4,6,10H,3,5,7,13H2,(H2,14,15). The summed E-state index contributed by atoms with van der Waals surface area (Å²) in [5, 5.41) is 0. The molecule has 82 valence electrons. The van der Waals surface area contributed by atoms with E-state index in [1.165, 1.54) is 6.07 Å². The lowest BCUT2D eigenvalue weighted by molar-refractivity contribution is -0.119. The van der Waals surface area contributed by atoms with E-state index in [4.69, 9.17) is 11.5 Å². The normalized spacial score (nSPS) is 12.4. The summed E-state index contributed by atoms with van der Waals surface area (Å²) >= 11 is 0. The van der Waals surface area contributed by atoms with Gasteiger partial charge in [-0.2, -0.15) is 0 Å². The highest BCUT2D eigenvalue weighted by Crippen LogP contribution is 2.10. The van der Waals surface area contributed by atoms with Gasteiger partial charge in [0.25, 0.3) is 0 Å². The molecule has 0 aliphatic heterocycles. The van der Waals surface area contributed by atoms with Crippen LogP contribution in [0.15, 0.2) is 24.3 Å². The molecule has 0 spiro atoms. The number of primary amides is 1. The van der Waals surface area contributed by atoms with Crippen molar-refractivity contribution < 1.29 is 9.18 Å². The third kappa shape index (κ3) is 3.67. The van der Waals surface area contributed by atoms with Crippen molar-refractivity contribution >= 4 is 5.91 Å². The Morgan fingerprint density at radius 3 is 2.67 bits per heavy atom. The third-order valence-corrected chi connectivity index (χ3v) is 2.28. The fourth-order valence-corrected chi connectivity index (χ4v) is 1.36. The summed E-state index contributed by atoms with van der Waals surface area (Å²) < 4.78 is 13.1. The maximum absolute atomic E-state index is 13.1. The number of nitrogens with two attached hydrogens (primary N) is 2. The van der Waals surface area contributed by atoms with Crippen LogP contribution in [-0.4, -0.2) is 11.9 Å². The van der Waals surface area contributed by atoms with Crippen molar-refractivity contribution in [3.8, 4) is 0 Å². The van der Waals surface area contributed by atoms with E-state index in [1.807, 2.05) is 0 Å². The van der Waals surface area contributed by atoms with E-state index >= 15 is 0 Å². The van der Waals surface area contributed by atoms with Crippen molar-refractivity contribution in [2.45, 2.75) is 25.3 Å². The Morgan fingerprint density at radius 1 is 1.40 bits per heavy atom. The molecule has 0 saturated carbocycles. The van der Waals surface area contributed by atoms with Gasteiger partial charge in [-0.1, -0.05) is 18.2 Å². The Morgan fingerprint density at radius 2 is 2.07 bits per heavy atom. The summed E-state index contributed by atoms with van der Waals surface area (Å²) in [7, 11) is 0. The van der Waals surface area contributed by atoms with Gasteiger partial charge in [0.1, 0.15) is 5.82 Å². The molecule has 4 N–H and O–H groups in total. The molecular weight excluding hydrogens is 195 g/mol. The van der Waals surface area contributed by atoms with Crippen molar-refractivity contribution in [2.24, 2.45) is 11.5 Å². The predicted molar refractivity (Wildman–Crippen MR) is 56.5 cm³/mol. The Hall–Kier alpha value is -1.42. The summed E-state index contributed by atoms with van der Waals surface area (Å²) in [6.45, 7) is 0. The minimum atomic E-state index is -0.628. The minimum Gasteiger partial charge on any atom is -0.368 e. The zero-order valence-electron chi connectivity index (χ0n) is 8.45. The average Bonchev–Trinajstić information content (AvgIpc) is 2.20. The summed E-state index contributed by atoms with van der Waals surface area (Å²) in [6.07, 6.45) is 1.72. The number of aryl methyl sites for hydroxylation is 1. The molecule has 15 heavy (non-hydrogen) atoms. The highest BCUT2D eigenvalue weighted by molar-refractivity contribution is 5.79. The molecule has 0 aliphatic carbocycles. The second-order valence-corrected chi connectivity index (χ2v) is 3.49. The molecule has 0 bridgehead atoms. The van der Waals surface area contributed by atoms with E-state index in [-0.39, 0.29) is 5.82 Å². The van der Waals surface area contributed by atoms with Crippen molar-refractivity contribution in [3.05, 3.63) is 35.6 Å². The van der Waals surface area contributed by atoms with Gasteiger partial charge in [0.15, 0.2) is 0 Å². The first kappa shape index (κ1) is 11.7. The van der Waals surface area contributed by atoms with Crippen LogP contribution in [0.3, 0.4) is 0 Å². The molecule has 0 radical (unpaired) electrons. The summed E-state index contributed by atoms with van der Waals surface area (Å²) in [5.74, 6) is -0.728. The zero-order chi connectivity index (χ0) is 11.3. The number of rotatable bonds is 5. The SMILES string of the molecule is NC(=O)C(N)CCCc1ccccc1F. The number of amides is 1. The summed E-state index contributed by atoms with van der Waals surface area (Å²) in [6, 6.07) is 5.95. The van der Waals surface area contributed by atoms with Gasteiger partial charge < -0.3 is 11.5 Å². The van der Waals surface area contributed by atoms with Crippen LogP contribution < -0.4 is 11.5 Å². The van der Waals surface area contributed by atoms with Crippen LogP contribution in [-0.2, 0) is 11.2 Å². The van der Waals surface area contributed by atoms with Crippen LogP contribution in [0.2, 0.25) is 0 Å². The first-order valence-corrected chi connectivity index (χ1v) is 4.89. The van der Waals surface area contributed by atoms with E-state index in [9.17, 15) is 9.18 Å². The number of hydrogen-bond donors (Lipinski definition) is 2. The van der Waals surface area contributed by atoms with Gasteiger partial charge in [0.2, 0.25) is 5.91 Å². The molecule has 0 aliphatic rings. The minimum absolute atomic E-state index is 0.217. The van der Waals surface area contributed by atoms with E-state index in [2.05, 4.69) is 0 Å². The Kier molecular flexibility index (Phi) is 4.24. The second kappa shape index (κ2) is 5.46. The van der Waals surface area contributed by atoms with Gasteiger partial charge in [0.05, 0.1) is 6.04 Å². The van der Waals surface area contributed by atoms with Crippen molar-refractivity contribution in [1.29, 1.82) is 0 Å². The van der Waals surface area contributed by atoms with Crippen LogP contribution in [0.25, 0.3) is 0 Å². The molecule has 0 saturated heterocycles. The molecule has 0 fully saturated rings. The Balaban J connectivity index is 2.38. The molecule has 4 heteroatoms. The molecule has 0 heterocycles. The van der Waals surface area contributed by atoms with E-state index < -0.39 is 11.9 Å². The monoisotopic (exact) mass is 210 g/mol. The Bertz CT molecular complexity index is 341. The molecule has 1 amide bonds. The second-order valence-electron chi connectivity index (χ2n) is 3.49. The van der Waals surface area contributed by atoms with Crippen molar-refractivity contribution in [1.82, 2.24) is 0 Å². The molecule has 1 atom stereocenters. The van der Waals surface area contributed by atoms with Crippen LogP contribution in [0.1, 0.15) is 18.4 Å². The van der Waals surface area contributed by atoms with Crippen LogP contribution in [0.5, 0.6) is 0 Å². The summed E-state index contributed by atoms with van der Waals surface area (Å²) in [4.78, 5) is 10.6. The third-order valence-electron chi connectivity index (χ3n) is 2.28. The number of halogens is 1. The Labute approximate surface area is 88.3 Å². The molecule has 0 aromatic heterocycles.